The Bertz CT molecular complexity index is 380. The van der Waals surface area contributed by atoms with Crippen LogP contribution >= 0.6 is 11.6 Å². The molecule has 0 fully saturated rings. The van der Waals surface area contributed by atoms with Gasteiger partial charge in [0.2, 0.25) is 0 Å². The summed E-state index contributed by atoms with van der Waals surface area (Å²) in [5.41, 5.74) is 0.375. The Labute approximate surface area is 109 Å². The number of carbonyl (C=O) groups is 1. The maximum Gasteiger partial charge on any atom is 0.387 e. The van der Waals surface area contributed by atoms with Crippen LogP contribution in [0, 0.1) is 0 Å². The first kappa shape index (κ1) is 14.7. The highest BCUT2D eigenvalue weighted by atomic mass is 35.5. The van der Waals surface area contributed by atoms with Crippen molar-refractivity contribution in [3.63, 3.8) is 0 Å². The van der Waals surface area contributed by atoms with Crippen LogP contribution in [0.3, 0.4) is 0 Å². The molecule has 0 saturated carbocycles. The van der Waals surface area contributed by atoms with Crippen molar-refractivity contribution >= 4 is 17.5 Å². The largest absolute Gasteiger partial charge is 0.435 e. The molecule has 1 aromatic rings. The molecular weight excluding hydrogens is 264 g/mol. The van der Waals surface area contributed by atoms with E-state index < -0.39 is 6.61 Å². The summed E-state index contributed by atoms with van der Waals surface area (Å²) in [4.78, 5) is 11.7. The first-order valence-electron chi connectivity index (χ1n) is 5.48. The van der Waals surface area contributed by atoms with Crippen LogP contribution in [0.25, 0.3) is 0 Å². The van der Waals surface area contributed by atoms with E-state index in [-0.39, 0.29) is 17.7 Å². The summed E-state index contributed by atoms with van der Waals surface area (Å²) in [5.74, 6) is 0.0616. The second kappa shape index (κ2) is 7.16. The Morgan fingerprint density at radius 2 is 2.00 bits per heavy atom. The summed E-state index contributed by atoms with van der Waals surface area (Å²) >= 11 is 5.66. The third-order valence-electron chi connectivity index (χ3n) is 2.36. The summed E-state index contributed by atoms with van der Waals surface area (Å²) in [6, 6.07) is 5.39. The van der Waals surface area contributed by atoms with Gasteiger partial charge >= 0.3 is 6.61 Å². The predicted molar refractivity (Wildman–Crippen MR) is 65.3 cm³/mol. The number of alkyl halides is 3. The molecule has 1 N–H and O–H groups in total. The lowest BCUT2D eigenvalue weighted by Crippen LogP contribution is -2.35. The van der Waals surface area contributed by atoms with Crippen LogP contribution in [0.5, 0.6) is 5.75 Å². The summed E-state index contributed by atoms with van der Waals surface area (Å²) in [6.45, 7) is -0.960. The topological polar surface area (TPSA) is 38.3 Å². The van der Waals surface area contributed by atoms with Gasteiger partial charge in [-0.3, -0.25) is 4.79 Å². The molecule has 1 unspecified atom stereocenters. The van der Waals surface area contributed by atoms with Gasteiger partial charge in [0.25, 0.3) is 5.91 Å². The number of benzene rings is 1. The van der Waals surface area contributed by atoms with Crippen molar-refractivity contribution in [1.29, 1.82) is 0 Å². The van der Waals surface area contributed by atoms with E-state index in [0.29, 0.717) is 11.4 Å². The highest BCUT2D eigenvalue weighted by Crippen LogP contribution is 2.15. The van der Waals surface area contributed by atoms with Crippen molar-refractivity contribution in [1.82, 2.24) is 5.32 Å². The maximum atomic E-state index is 11.9. The van der Waals surface area contributed by atoms with Gasteiger partial charge in [-0.25, -0.2) is 0 Å². The van der Waals surface area contributed by atoms with E-state index in [1.54, 1.807) is 0 Å². The molecule has 18 heavy (non-hydrogen) atoms. The molecule has 1 amide bonds. The monoisotopic (exact) mass is 277 g/mol. The zero-order chi connectivity index (χ0) is 13.5. The van der Waals surface area contributed by atoms with Gasteiger partial charge < -0.3 is 10.1 Å². The Balaban J connectivity index is 2.64. The lowest BCUT2D eigenvalue weighted by molar-refractivity contribution is -0.0498. The van der Waals surface area contributed by atoms with E-state index >= 15 is 0 Å². The number of hydrogen-bond donors (Lipinski definition) is 1. The van der Waals surface area contributed by atoms with Crippen LogP contribution in [0.4, 0.5) is 8.78 Å². The molecule has 1 atom stereocenters. The van der Waals surface area contributed by atoms with E-state index in [0.717, 1.165) is 6.42 Å². The maximum absolute atomic E-state index is 11.9. The first-order valence-corrected chi connectivity index (χ1v) is 6.02. The average Bonchev–Trinajstić information content (AvgIpc) is 2.35. The molecule has 0 radical (unpaired) electrons. The second-order valence-electron chi connectivity index (χ2n) is 3.64. The van der Waals surface area contributed by atoms with E-state index in [2.05, 4.69) is 10.1 Å². The molecular formula is C12H14ClF2NO2. The van der Waals surface area contributed by atoms with Gasteiger partial charge in [0, 0.05) is 17.5 Å². The van der Waals surface area contributed by atoms with Crippen LogP contribution < -0.4 is 10.1 Å². The quantitative estimate of drug-likeness (QED) is 0.812. The van der Waals surface area contributed by atoms with Crippen LogP contribution in [0.15, 0.2) is 24.3 Å². The minimum Gasteiger partial charge on any atom is -0.435 e. The van der Waals surface area contributed by atoms with Crippen molar-refractivity contribution in [2.24, 2.45) is 0 Å². The molecule has 6 heteroatoms. The van der Waals surface area contributed by atoms with E-state index in [9.17, 15) is 13.6 Å². The third kappa shape index (κ3) is 4.49. The molecule has 1 rings (SSSR count). The highest BCUT2D eigenvalue weighted by molar-refractivity contribution is 6.18. The highest BCUT2D eigenvalue weighted by Gasteiger charge is 2.11. The summed E-state index contributed by atoms with van der Waals surface area (Å²) in [7, 11) is 0. The summed E-state index contributed by atoms with van der Waals surface area (Å²) in [6.07, 6.45) is 0.724. The Hall–Kier alpha value is -1.36. The molecule has 0 saturated heterocycles. The van der Waals surface area contributed by atoms with Crippen LogP contribution in [-0.4, -0.2) is 24.4 Å². The molecule has 0 heterocycles. The fourth-order valence-corrected chi connectivity index (χ4v) is 1.60. The van der Waals surface area contributed by atoms with E-state index in [1.165, 1.54) is 24.3 Å². The van der Waals surface area contributed by atoms with Gasteiger partial charge in [0.05, 0.1) is 0 Å². The molecule has 0 spiro atoms. The first-order chi connectivity index (χ1) is 8.56. The number of rotatable bonds is 6. The van der Waals surface area contributed by atoms with Gasteiger partial charge in [-0.2, -0.15) is 8.78 Å². The minimum atomic E-state index is -2.87. The zero-order valence-electron chi connectivity index (χ0n) is 9.83. The standard InChI is InChI=1S/C12H14ClF2NO2/c1-2-9(7-13)16-11(17)8-3-5-10(6-4-8)18-12(14)15/h3-6,9,12H,2,7H2,1H3,(H,16,17). The number of hydrogen-bond acceptors (Lipinski definition) is 2. The number of carbonyl (C=O) groups excluding carboxylic acids is 1. The van der Waals surface area contributed by atoms with Gasteiger partial charge in [-0.05, 0) is 30.7 Å². The van der Waals surface area contributed by atoms with E-state index in [1.807, 2.05) is 6.92 Å². The average molecular weight is 278 g/mol. The van der Waals surface area contributed by atoms with Crippen molar-refractivity contribution in [3.8, 4) is 5.75 Å². The molecule has 0 aliphatic heterocycles. The molecule has 0 bridgehead atoms. The molecule has 1 aromatic carbocycles. The van der Waals surface area contributed by atoms with Crippen molar-refractivity contribution in [2.75, 3.05) is 5.88 Å². The van der Waals surface area contributed by atoms with Crippen molar-refractivity contribution in [2.45, 2.75) is 26.0 Å². The van der Waals surface area contributed by atoms with Gasteiger partial charge in [0.15, 0.2) is 0 Å². The van der Waals surface area contributed by atoms with Gasteiger partial charge in [-0.1, -0.05) is 6.92 Å². The smallest absolute Gasteiger partial charge is 0.387 e. The van der Waals surface area contributed by atoms with Gasteiger partial charge in [0.1, 0.15) is 5.75 Å². The number of nitrogens with one attached hydrogen (secondary N) is 1. The SMILES string of the molecule is CCC(CCl)NC(=O)c1ccc(OC(F)F)cc1. The molecule has 0 aliphatic rings. The fourth-order valence-electron chi connectivity index (χ4n) is 1.31. The Morgan fingerprint density at radius 1 is 1.39 bits per heavy atom. The minimum absolute atomic E-state index is 0.0194. The number of amides is 1. The summed E-state index contributed by atoms with van der Waals surface area (Å²) in [5, 5.41) is 2.73. The molecule has 0 aliphatic carbocycles. The van der Waals surface area contributed by atoms with Crippen LogP contribution in [-0.2, 0) is 0 Å². The van der Waals surface area contributed by atoms with Crippen molar-refractivity contribution in [3.05, 3.63) is 29.8 Å². The third-order valence-corrected chi connectivity index (χ3v) is 2.73. The van der Waals surface area contributed by atoms with Crippen LogP contribution in [0.2, 0.25) is 0 Å². The van der Waals surface area contributed by atoms with E-state index in [4.69, 9.17) is 11.6 Å². The zero-order valence-corrected chi connectivity index (χ0v) is 10.6. The van der Waals surface area contributed by atoms with Gasteiger partial charge in [-0.15, -0.1) is 11.6 Å². The summed E-state index contributed by atoms with van der Waals surface area (Å²) < 4.78 is 28.0. The molecule has 0 aromatic heterocycles. The fraction of sp³-hybridized carbons (Fsp3) is 0.417. The van der Waals surface area contributed by atoms with Crippen LogP contribution in [0.1, 0.15) is 23.7 Å². The second-order valence-corrected chi connectivity index (χ2v) is 3.94. The molecule has 100 valence electrons. The lowest BCUT2D eigenvalue weighted by Gasteiger charge is -2.13. The molecule has 3 nitrogen and oxygen atoms in total. The number of ether oxygens (including phenoxy) is 1. The Morgan fingerprint density at radius 3 is 2.44 bits per heavy atom. The normalized spacial score (nSPS) is 12.3. The number of halogens is 3. The predicted octanol–water partition coefficient (Wildman–Crippen LogP) is 3.04. The Kier molecular flexibility index (Phi) is 5.85. The lowest BCUT2D eigenvalue weighted by atomic mass is 10.2. The van der Waals surface area contributed by atoms with Crippen molar-refractivity contribution < 1.29 is 18.3 Å².